The van der Waals surface area contributed by atoms with Crippen molar-refractivity contribution in [2.45, 2.75) is 109 Å². The third kappa shape index (κ3) is 16.4. The number of primary amides is 1. The number of hydrogen-bond acceptors (Lipinski definition) is 12. The van der Waals surface area contributed by atoms with E-state index >= 15 is 0 Å². The average Bonchev–Trinajstić information content (AvgIpc) is 3.97. The van der Waals surface area contributed by atoms with Crippen LogP contribution in [0.15, 0.2) is 30.3 Å². The van der Waals surface area contributed by atoms with E-state index in [0.717, 1.165) is 0 Å². The fourth-order valence-corrected chi connectivity index (χ4v) is 7.42. The molecule has 23 heteroatoms. The SMILES string of the molecule is CC(C)[C@H](NC(=O)CNC(=O)[C@H](Cc1ccccc1)NC(=O)CNC(=O)[C@H](CCC(N)=O)NC(=O)CNC(=O)[C@@H]1CCCN1C(=O)[C@@H]1CCCN1C(=O)[C@@H](NC(=O)CN)C(C)C)C(=O)O. The maximum atomic E-state index is 13.8. The Labute approximate surface area is 376 Å². The van der Waals surface area contributed by atoms with Gasteiger partial charge in [0.25, 0.3) is 0 Å². The minimum atomic E-state index is -1.40. The molecule has 3 rings (SSSR count). The number of likely N-dealkylation sites (tertiary alicyclic amines) is 2. The smallest absolute Gasteiger partial charge is 0.326 e. The molecule has 2 saturated heterocycles. The van der Waals surface area contributed by atoms with Crippen molar-refractivity contribution in [3.63, 3.8) is 0 Å². The molecule has 23 nitrogen and oxygen atoms in total. The number of aliphatic carboxylic acids is 1. The summed E-state index contributed by atoms with van der Waals surface area (Å²) in [4.78, 5) is 144. The van der Waals surface area contributed by atoms with Crippen LogP contribution >= 0.6 is 0 Å². The van der Waals surface area contributed by atoms with E-state index in [1.807, 2.05) is 0 Å². The highest BCUT2D eigenvalue weighted by molar-refractivity contribution is 5.97. The van der Waals surface area contributed by atoms with E-state index in [0.29, 0.717) is 24.8 Å². The van der Waals surface area contributed by atoms with Crippen molar-refractivity contribution in [3.05, 3.63) is 35.9 Å². The predicted octanol–water partition coefficient (Wildman–Crippen LogP) is -3.88. The first-order valence-electron chi connectivity index (χ1n) is 21.6. The number of nitrogens with two attached hydrogens (primary N) is 2. The Balaban J connectivity index is 1.60. The summed E-state index contributed by atoms with van der Waals surface area (Å²) in [5.41, 5.74) is 11.4. The molecule has 0 spiro atoms. The van der Waals surface area contributed by atoms with Crippen molar-refractivity contribution in [3.8, 4) is 0 Å². The Bertz CT molecular complexity index is 1910. The number of carbonyl (C=O) groups excluding carboxylic acids is 10. The lowest BCUT2D eigenvalue weighted by Gasteiger charge is -2.33. The largest absolute Gasteiger partial charge is 0.480 e. The van der Waals surface area contributed by atoms with Gasteiger partial charge < -0.3 is 63.6 Å². The van der Waals surface area contributed by atoms with Crippen molar-refractivity contribution in [1.29, 1.82) is 0 Å². The lowest BCUT2D eigenvalue weighted by Crippen LogP contribution is -2.58. The zero-order chi connectivity index (χ0) is 48.4. The summed E-state index contributed by atoms with van der Waals surface area (Å²) in [5, 5.41) is 26.4. The molecule has 0 unspecified atom stereocenters. The summed E-state index contributed by atoms with van der Waals surface area (Å²) in [6, 6.07) is 1.99. The molecule has 0 saturated carbocycles. The Morgan fingerprint density at radius 2 is 1.17 bits per heavy atom. The van der Waals surface area contributed by atoms with Crippen molar-refractivity contribution < 1.29 is 57.8 Å². The predicted molar refractivity (Wildman–Crippen MR) is 231 cm³/mol. The Morgan fingerprint density at radius 3 is 1.72 bits per heavy atom. The van der Waals surface area contributed by atoms with Gasteiger partial charge in [-0.05, 0) is 49.5 Å². The molecule has 12 N–H and O–H groups in total. The van der Waals surface area contributed by atoms with Crippen molar-refractivity contribution in [2.75, 3.05) is 39.3 Å². The maximum Gasteiger partial charge on any atom is 0.326 e. The van der Waals surface area contributed by atoms with Crippen molar-refractivity contribution in [1.82, 2.24) is 47.0 Å². The van der Waals surface area contributed by atoms with Crippen LogP contribution in [0.1, 0.15) is 71.8 Å². The molecule has 0 radical (unpaired) electrons. The van der Waals surface area contributed by atoms with Gasteiger partial charge in [0, 0.05) is 25.9 Å². The maximum absolute atomic E-state index is 13.8. The molecular weight excluding hydrogens is 851 g/mol. The topological polar surface area (TPSA) is 351 Å². The normalized spacial score (nSPS) is 17.5. The highest BCUT2D eigenvalue weighted by Gasteiger charge is 2.44. The highest BCUT2D eigenvalue weighted by atomic mass is 16.4. The molecule has 6 atom stereocenters. The second-order valence-corrected chi connectivity index (χ2v) is 16.6. The molecule has 0 aromatic heterocycles. The fourth-order valence-electron chi connectivity index (χ4n) is 7.42. The molecule has 0 aliphatic carbocycles. The van der Waals surface area contributed by atoms with Gasteiger partial charge in [-0.1, -0.05) is 58.0 Å². The first kappa shape index (κ1) is 52.7. The number of amides is 10. The van der Waals surface area contributed by atoms with Gasteiger partial charge >= 0.3 is 5.97 Å². The van der Waals surface area contributed by atoms with E-state index in [1.165, 1.54) is 9.80 Å². The second-order valence-electron chi connectivity index (χ2n) is 16.6. The third-order valence-electron chi connectivity index (χ3n) is 10.9. The number of hydrogen-bond donors (Lipinski definition) is 10. The van der Waals surface area contributed by atoms with Gasteiger partial charge in [-0.3, -0.25) is 47.9 Å². The van der Waals surface area contributed by atoms with Gasteiger partial charge in [0.1, 0.15) is 36.3 Å². The van der Waals surface area contributed by atoms with E-state index in [2.05, 4.69) is 37.2 Å². The molecule has 1 aromatic carbocycles. The minimum Gasteiger partial charge on any atom is -0.480 e. The number of carbonyl (C=O) groups is 11. The number of rotatable bonds is 24. The molecule has 1 aromatic rings. The number of benzene rings is 1. The zero-order valence-corrected chi connectivity index (χ0v) is 37.2. The van der Waals surface area contributed by atoms with Gasteiger partial charge in [0.2, 0.25) is 59.1 Å². The van der Waals surface area contributed by atoms with E-state index in [1.54, 1.807) is 58.0 Å². The highest BCUT2D eigenvalue weighted by Crippen LogP contribution is 2.26. The van der Waals surface area contributed by atoms with Gasteiger partial charge in [-0.2, -0.15) is 0 Å². The summed E-state index contributed by atoms with van der Waals surface area (Å²) >= 11 is 0. The number of nitrogens with one attached hydrogen (secondary N) is 7. The van der Waals surface area contributed by atoms with E-state index in [9.17, 15) is 57.8 Å². The third-order valence-corrected chi connectivity index (χ3v) is 10.9. The summed E-state index contributed by atoms with van der Waals surface area (Å²) in [6.07, 6.45) is 0.989. The summed E-state index contributed by atoms with van der Waals surface area (Å²) in [6.45, 7) is 4.99. The zero-order valence-electron chi connectivity index (χ0n) is 37.2. The van der Waals surface area contributed by atoms with Crippen LogP contribution in [0, 0.1) is 11.8 Å². The second kappa shape index (κ2) is 25.6. The number of carboxylic acid groups (broad SMARTS) is 1. The van der Waals surface area contributed by atoms with Crippen LogP contribution in [0.4, 0.5) is 0 Å². The molecule has 0 bridgehead atoms. The lowest BCUT2D eigenvalue weighted by atomic mass is 10.0. The van der Waals surface area contributed by atoms with Crippen LogP contribution in [0.5, 0.6) is 0 Å². The molecule has 2 aliphatic rings. The summed E-state index contributed by atoms with van der Waals surface area (Å²) in [5.74, 6) is -8.95. The van der Waals surface area contributed by atoms with Crippen molar-refractivity contribution in [2.24, 2.45) is 23.3 Å². The number of carboxylic acids is 1. The summed E-state index contributed by atoms with van der Waals surface area (Å²) < 4.78 is 0. The van der Waals surface area contributed by atoms with E-state index < -0.39 is 127 Å². The van der Waals surface area contributed by atoms with Crippen LogP contribution in [0.3, 0.4) is 0 Å². The monoisotopic (exact) mass is 913 g/mol. The first-order valence-corrected chi connectivity index (χ1v) is 21.6. The van der Waals surface area contributed by atoms with Gasteiger partial charge in [0.05, 0.1) is 26.2 Å². The Hall–Kier alpha value is -6.65. The van der Waals surface area contributed by atoms with Crippen LogP contribution < -0.4 is 48.7 Å². The fraction of sp³-hybridized carbons (Fsp3) is 0.595. The minimum absolute atomic E-state index is 0.0263. The van der Waals surface area contributed by atoms with E-state index in [4.69, 9.17) is 11.5 Å². The van der Waals surface area contributed by atoms with Crippen LogP contribution in [0.2, 0.25) is 0 Å². The van der Waals surface area contributed by atoms with Crippen LogP contribution in [-0.2, 0) is 59.2 Å². The van der Waals surface area contributed by atoms with Gasteiger partial charge in [-0.25, -0.2) is 4.79 Å². The Morgan fingerprint density at radius 1 is 0.662 bits per heavy atom. The first-order chi connectivity index (χ1) is 30.7. The molecular formula is C42H63N11O12. The lowest BCUT2D eigenvalue weighted by molar-refractivity contribution is -0.148. The van der Waals surface area contributed by atoms with Crippen LogP contribution in [0.25, 0.3) is 0 Å². The Kier molecular flexibility index (Phi) is 20.7. The average molecular weight is 914 g/mol. The van der Waals surface area contributed by atoms with Crippen LogP contribution in [-0.4, -0.2) is 155 Å². The molecule has 10 amide bonds. The summed E-state index contributed by atoms with van der Waals surface area (Å²) in [7, 11) is 0. The van der Waals surface area contributed by atoms with E-state index in [-0.39, 0.29) is 51.2 Å². The molecule has 65 heavy (non-hydrogen) atoms. The van der Waals surface area contributed by atoms with Crippen molar-refractivity contribution >= 4 is 65.0 Å². The molecule has 2 aliphatic heterocycles. The molecule has 358 valence electrons. The number of nitrogens with zero attached hydrogens (tertiary/aromatic N) is 2. The molecule has 2 heterocycles. The van der Waals surface area contributed by atoms with Gasteiger partial charge in [0.15, 0.2) is 0 Å². The quantitative estimate of drug-likeness (QED) is 0.0475. The standard InChI is InChI=1S/C42H63N11O12/c1-23(2)35(50-31(55)19-43)41(63)53-17-9-13-29(53)40(62)52-16-8-12-28(52)39(61)47-21-32(56)48-26(14-15-30(44)54)37(59)45-20-33(57)49-27(18-25-10-6-5-7-11-25)38(60)46-22-34(58)51-36(24(3)4)42(64)65/h5-7,10-11,23-24,26-29,35-36H,8-9,12-22,43H2,1-4H3,(H2,44,54)(H,45,59)(H,46,60)(H,47,61)(H,48,56)(H,49,57)(H,50,55)(H,51,58)(H,64,65)/t26-,27-,28-,29-,35-,36-/m0/s1. The molecule has 2 fully saturated rings. The van der Waals surface area contributed by atoms with Gasteiger partial charge in [-0.15, -0.1) is 0 Å².